The van der Waals surface area contributed by atoms with Gasteiger partial charge in [0.25, 0.3) is 0 Å². The highest BCUT2D eigenvalue weighted by atomic mass is 16.3. The van der Waals surface area contributed by atoms with E-state index in [4.69, 9.17) is 10.2 Å². The molecule has 0 bridgehead atoms. The van der Waals surface area contributed by atoms with Gasteiger partial charge >= 0.3 is 0 Å². The fourth-order valence-corrected chi connectivity index (χ4v) is 3.30. The Balaban J connectivity index is 2.03. The Morgan fingerprint density at radius 1 is 1.42 bits per heavy atom. The average Bonchev–Trinajstić information content (AvgIpc) is 2.96. The topological polar surface area (TPSA) is 42.4 Å². The number of aryl methyl sites for hydroxylation is 1. The molecule has 0 spiro atoms. The van der Waals surface area contributed by atoms with E-state index in [0.29, 0.717) is 6.54 Å². The van der Waals surface area contributed by atoms with Gasteiger partial charge in [-0.1, -0.05) is 25.1 Å². The molecule has 0 amide bonds. The molecule has 19 heavy (non-hydrogen) atoms. The lowest BCUT2D eigenvalue weighted by molar-refractivity contribution is 0.242. The Morgan fingerprint density at radius 3 is 2.89 bits per heavy atom. The van der Waals surface area contributed by atoms with Crippen molar-refractivity contribution in [2.45, 2.75) is 26.3 Å². The fraction of sp³-hybridized carbons (Fsp3) is 0.500. The lowest BCUT2D eigenvalue weighted by Gasteiger charge is -2.26. The van der Waals surface area contributed by atoms with E-state index in [1.165, 1.54) is 17.4 Å². The number of hydrogen-bond donors (Lipinski definition) is 1. The van der Waals surface area contributed by atoms with Gasteiger partial charge in [-0.15, -0.1) is 0 Å². The minimum absolute atomic E-state index is 0.286. The predicted octanol–water partition coefficient (Wildman–Crippen LogP) is 3.08. The number of likely N-dealkylation sites (tertiary alicyclic amines) is 1. The zero-order chi connectivity index (χ0) is 13.4. The number of rotatable bonds is 3. The Hall–Kier alpha value is -1.32. The van der Waals surface area contributed by atoms with Crippen molar-refractivity contribution < 1.29 is 4.42 Å². The quantitative estimate of drug-likeness (QED) is 0.920. The van der Waals surface area contributed by atoms with Crippen LogP contribution in [0.5, 0.6) is 0 Å². The van der Waals surface area contributed by atoms with Crippen molar-refractivity contribution in [1.29, 1.82) is 0 Å². The second-order valence-corrected chi connectivity index (χ2v) is 5.71. The smallest absolute Gasteiger partial charge is 0.134 e. The first-order valence-electron chi connectivity index (χ1n) is 7.13. The van der Waals surface area contributed by atoms with Crippen LogP contribution >= 0.6 is 0 Å². The summed E-state index contributed by atoms with van der Waals surface area (Å²) in [5.74, 6) is 1.78. The molecule has 0 radical (unpaired) electrons. The Kier molecular flexibility index (Phi) is 3.33. The molecule has 3 heteroatoms. The van der Waals surface area contributed by atoms with Crippen LogP contribution in [0.4, 0.5) is 0 Å². The largest absolute Gasteiger partial charge is 0.461 e. The molecule has 1 fully saturated rings. The molecule has 0 aliphatic carbocycles. The van der Waals surface area contributed by atoms with Gasteiger partial charge in [0.05, 0.1) is 6.04 Å². The first-order chi connectivity index (χ1) is 9.20. The Morgan fingerprint density at radius 2 is 2.21 bits per heavy atom. The van der Waals surface area contributed by atoms with Crippen LogP contribution in [0.3, 0.4) is 0 Å². The highest BCUT2D eigenvalue weighted by molar-refractivity contribution is 5.82. The predicted molar refractivity (Wildman–Crippen MR) is 78.1 cm³/mol. The molecule has 2 heterocycles. The summed E-state index contributed by atoms with van der Waals surface area (Å²) in [6.07, 6.45) is 1.27. The SMILES string of the molecule is Cc1oc2ccccc2c1C(CN)N1CCC(C)C1. The fourth-order valence-electron chi connectivity index (χ4n) is 3.30. The van der Waals surface area contributed by atoms with Crippen molar-refractivity contribution in [3.63, 3.8) is 0 Å². The van der Waals surface area contributed by atoms with E-state index in [0.717, 1.165) is 30.4 Å². The molecule has 1 aliphatic rings. The third-order valence-electron chi connectivity index (χ3n) is 4.27. The maximum absolute atomic E-state index is 6.07. The van der Waals surface area contributed by atoms with E-state index in [-0.39, 0.29) is 6.04 Å². The number of nitrogens with two attached hydrogens (primary N) is 1. The van der Waals surface area contributed by atoms with Crippen LogP contribution < -0.4 is 5.73 Å². The number of nitrogens with zero attached hydrogens (tertiary/aromatic N) is 1. The first kappa shape index (κ1) is 12.7. The first-order valence-corrected chi connectivity index (χ1v) is 7.13. The lowest BCUT2D eigenvalue weighted by atomic mass is 10.0. The third-order valence-corrected chi connectivity index (χ3v) is 4.27. The van der Waals surface area contributed by atoms with Crippen molar-refractivity contribution in [2.75, 3.05) is 19.6 Å². The second-order valence-electron chi connectivity index (χ2n) is 5.71. The van der Waals surface area contributed by atoms with Crippen LogP contribution in [-0.2, 0) is 0 Å². The summed E-state index contributed by atoms with van der Waals surface area (Å²) in [7, 11) is 0. The van der Waals surface area contributed by atoms with E-state index >= 15 is 0 Å². The van der Waals surface area contributed by atoms with Gasteiger partial charge in [0.15, 0.2) is 0 Å². The molecule has 0 saturated carbocycles. The summed E-state index contributed by atoms with van der Waals surface area (Å²) in [5.41, 5.74) is 8.32. The van der Waals surface area contributed by atoms with Crippen molar-refractivity contribution in [2.24, 2.45) is 11.7 Å². The molecular weight excluding hydrogens is 236 g/mol. The average molecular weight is 258 g/mol. The van der Waals surface area contributed by atoms with Gasteiger partial charge in [0, 0.05) is 24.0 Å². The number of furan rings is 1. The highest BCUT2D eigenvalue weighted by Crippen LogP contribution is 2.35. The van der Waals surface area contributed by atoms with Crippen molar-refractivity contribution in [3.05, 3.63) is 35.6 Å². The molecule has 2 atom stereocenters. The number of benzene rings is 1. The summed E-state index contributed by atoms with van der Waals surface area (Å²) in [6.45, 7) is 7.30. The van der Waals surface area contributed by atoms with Crippen molar-refractivity contribution >= 4 is 11.0 Å². The summed E-state index contributed by atoms with van der Waals surface area (Å²) in [6, 6.07) is 8.55. The maximum atomic E-state index is 6.07. The van der Waals surface area contributed by atoms with Gasteiger partial charge in [-0.2, -0.15) is 0 Å². The number of hydrogen-bond acceptors (Lipinski definition) is 3. The Labute approximate surface area is 114 Å². The van der Waals surface area contributed by atoms with Gasteiger partial charge in [-0.05, 0) is 31.9 Å². The normalized spacial score (nSPS) is 22.2. The van der Waals surface area contributed by atoms with Gasteiger partial charge in [0.2, 0.25) is 0 Å². The zero-order valence-corrected chi connectivity index (χ0v) is 11.7. The van der Waals surface area contributed by atoms with Crippen LogP contribution in [-0.4, -0.2) is 24.5 Å². The monoisotopic (exact) mass is 258 g/mol. The zero-order valence-electron chi connectivity index (χ0n) is 11.7. The molecule has 3 rings (SSSR count). The highest BCUT2D eigenvalue weighted by Gasteiger charge is 2.29. The number of para-hydroxylation sites is 1. The van der Waals surface area contributed by atoms with Gasteiger partial charge in [0.1, 0.15) is 11.3 Å². The molecule has 1 aromatic carbocycles. The number of fused-ring (bicyclic) bond motifs is 1. The van der Waals surface area contributed by atoms with Gasteiger partial charge in [-0.25, -0.2) is 0 Å². The minimum Gasteiger partial charge on any atom is -0.461 e. The molecule has 1 aromatic heterocycles. The third kappa shape index (κ3) is 2.17. The second kappa shape index (κ2) is 4.99. The lowest BCUT2D eigenvalue weighted by Crippen LogP contribution is -2.32. The summed E-state index contributed by atoms with van der Waals surface area (Å²) in [4.78, 5) is 2.51. The van der Waals surface area contributed by atoms with Crippen LogP contribution in [0.25, 0.3) is 11.0 Å². The van der Waals surface area contributed by atoms with Gasteiger partial charge < -0.3 is 10.2 Å². The molecule has 2 N–H and O–H groups in total. The summed E-state index contributed by atoms with van der Waals surface area (Å²) >= 11 is 0. The van der Waals surface area contributed by atoms with Crippen molar-refractivity contribution in [1.82, 2.24) is 4.90 Å². The molecule has 3 nitrogen and oxygen atoms in total. The van der Waals surface area contributed by atoms with E-state index in [1.807, 2.05) is 12.1 Å². The standard InChI is InChI=1S/C16H22N2O/c1-11-7-8-18(10-11)14(9-17)16-12(2)19-15-6-4-3-5-13(15)16/h3-6,11,14H,7-10,17H2,1-2H3. The van der Waals surface area contributed by atoms with E-state index in [9.17, 15) is 0 Å². The van der Waals surface area contributed by atoms with Crippen LogP contribution in [0, 0.1) is 12.8 Å². The van der Waals surface area contributed by atoms with Crippen LogP contribution in [0.2, 0.25) is 0 Å². The molecule has 1 saturated heterocycles. The van der Waals surface area contributed by atoms with Crippen LogP contribution in [0.15, 0.2) is 28.7 Å². The molecule has 102 valence electrons. The van der Waals surface area contributed by atoms with E-state index < -0.39 is 0 Å². The van der Waals surface area contributed by atoms with Crippen LogP contribution in [0.1, 0.15) is 30.7 Å². The summed E-state index contributed by atoms with van der Waals surface area (Å²) < 4.78 is 5.89. The van der Waals surface area contributed by atoms with E-state index in [1.54, 1.807) is 0 Å². The molecular formula is C16H22N2O. The Bertz CT molecular complexity index is 575. The minimum atomic E-state index is 0.286. The summed E-state index contributed by atoms with van der Waals surface area (Å²) in [5, 5.41) is 1.22. The molecule has 2 aromatic rings. The van der Waals surface area contributed by atoms with E-state index in [2.05, 4.69) is 30.9 Å². The van der Waals surface area contributed by atoms with Gasteiger partial charge in [-0.3, -0.25) is 4.90 Å². The molecule has 2 unspecified atom stereocenters. The maximum Gasteiger partial charge on any atom is 0.134 e. The molecule has 1 aliphatic heterocycles. The van der Waals surface area contributed by atoms with Crippen molar-refractivity contribution in [3.8, 4) is 0 Å².